The topological polar surface area (TPSA) is 125 Å². The molecule has 110 valence electrons. The highest BCUT2D eigenvalue weighted by molar-refractivity contribution is 6.07. The molecule has 0 spiro atoms. The van der Waals surface area contributed by atoms with E-state index in [9.17, 15) is 14.4 Å². The molecule has 7 heteroatoms. The van der Waals surface area contributed by atoms with Gasteiger partial charge in [0.15, 0.2) is 0 Å². The molecule has 2 amide bonds. The number of carbonyl (C=O) groups excluding carboxylic acids is 2. The molecule has 2 rings (SSSR count). The van der Waals surface area contributed by atoms with Crippen molar-refractivity contribution in [1.82, 2.24) is 10.3 Å². The second kappa shape index (κ2) is 6.08. The van der Waals surface area contributed by atoms with Crippen molar-refractivity contribution < 1.29 is 19.5 Å². The quantitative estimate of drug-likeness (QED) is 0.621. The molecule has 1 heterocycles. The number of aromatic nitrogens is 1. The number of aliphatic carboxylic acids is 1. The standard InChI is InChI=1S/C14H15N3O4/c15-12(18)5-4-11(14(20)21)17-13(19)9-2-1-3-10-8(9)6-7-16-10/h1-3,6-7,11,16H,4-5H2,(H2,15,18)(H,17,19)(H,20,21). The van der Waals surface area contributed by atoms with Gasteiger partial charge in [-0.05, 0) is 24.6 Å². The SMILES string of the molecule is NC(=O)CCC(NC(=O)c1cccc2[nH]ccc12)C(=O)O. The molecule has 1 atom stereocenters. The van der Waals surface area contributed by atoms with Gasteiger partial charge in [-0.15, -0.1) is 0 Å². The normalized spacial score (nSPS) is 12.0. The molecule has 21 heavy (non-hydrogen) atoms. The second-order valence-electron chi connectivity index (χ2n) is 4.61. The van der Waals surface area contributed by atoms with Gasteiger partial charge in [-0.3, -0.25) is 9.59 Å². The van der Waals surface area contributed by atoms with Gasteiger partial charge in [0.25, 0.3) is 5.91 Å². The van der Waals surface area contributed by atoms with E-state index in [1.54, 1.807) is 24.4 Å². The average molecular weight is 289 g/mol. The number of primary amides is 1. The number of hydrogen-bond acceptors (Lipinski definition) is 3. The number of carboxylic acids is 1. The number of nitrogens with two attached hydrogens (primary N) is 1. The Morgan fingerprint density at radius 3 is 2.71 bits per heavy atom. The molecule has 2 aromatic rings. The third-order valence-electron chi connectivity index (χ3n) is 3.12. The molecule has 1 aromatic carbocycles. The Balaban J connectivity index is 2.17. The van der Waals surface area contributed by atoms with Gasteiger partial charge in [0, 0.05) is 29.1 Å². The van der Waals surface area contributed by atoms with E-state index in [0.29, 0.717) is 10.9 Å². The lowest BCUT2D eigenvalue weighted by atomic mass is 10.1. The summed E-state index contributed by atoms with van der Waals surface area (Å²) in [6.45, 7) is 0. The summed E-state index contributed by atoms with van der Waals surface area (Å²) in [5.74, 6) is -2.31. The number of aromatic amines is 1. The fourth-order valence-corrected chi connectivity index (χ4v) is 2.06. The molecule has 5 N–H and O–H groups in total. The highest BCUT2D eigenvalue weighted by Crippen LogP contribution is 2.17. The number of benzene rings is 1. The lowest BCUT2D eigenvalue weighted by Crippen LogP contribution is -2.41. The van der Waals surface area contributed by atoms with Crippen molar-refractivity contribution in [3.8, 4) is 0 Å². The summed E-state index contributed by atoms with van der Waals surface area (Å²) in [4.78, 5) is 37.0. The molecule has 0 aliphatic rings. The van der Waals surface area contributed by atoms with Crippen LogP contribution in [0.5, 0.6) is 0 Å². The van der Waals surface area contributed by atoms with Crippen molar-refractivity contribution in [2.24, 2.45) is 5.73 Å². The van der Waals surface area contributed by atoms with Crippen LogP contribution in [0.1, 0.15) is 23.2 Å². The molecular weight excluding hydrogens is 274 g/mol. The first-order valence-corrected chi connectivity index (χ1v) is 6.37. The summed E-state index contributed by atoms with van der Waals surface area (Å²) in [6.07, 6.45) is 1.55. The van der Waals surface area contributed by atoms with Crippen molar-refractivity contribution in [2.75, 3.05) is 0 Å². The molecule has 0 radical (unpaired) electrons. The van der Waals surface area contributed by atoms with Crippen molar-refractivity contribution in [2.45, 2.75) is 18.9 Å². The highest BCUT2D eigenvalue weighted by atomic mass is 16.4. The van der Waals surface area contributed by atoms with E-state index in [1.807, 2.05) is 6.07 Å². The molecule has 0 bridgehead atoms. The maximum atomic E-state index is 12.2. The number of nitrogens with one attached hydrogen (secondary N) is 2. The Kier molecular flexibility index (Phi) is 4.22. The van der Waals surface area contributed by atoms with E-state index in [4.69, 9.17) is 10.8 Å². The average Bonchev–Trinajstić information content (AvgIpc) is 2.90. The Bertz CT molecular complexity index is 692. The monoisotopic (exact) mass is 289 g/mol. The highest BCUT2D eigenvalue weighted by Gasteiger charge is 2.22. The minimum atomic E-state index is -1.20. The minimum Gasteiger partial charge on any atom is -0.480 e. The van der Waals surface area contributed by atoms with Gasteiger partial charge in [0.1, 0.15) is 6.04 Å². The fraction of sp³-hybridized carbons (Fsp3) is 0.214. The van der Waals surface area contributed by atoms with Crippen molar-refractivity contribution in [3.63, 3.8) is 0 Å². The lowest BCUT2D eigenvalue weighted by molar-refractivity contribution is -0.139. The van der Waals surface area contributed by atoms with Crippen molar-refractivity contribution in [3.05, 3.63) is 36.0 Å². The third kappa shape index (κ3) is 3.38. The number of carbonyl (C=O) groups is 3. The van der Waals surface area contributed by atoms with Crippen molar-refractivity contribution in [1.29, 1.82) is 0 Å². The zero-order chi connectivity index (χ0) is 15.4. The van der Waals surface area contributed by atoms with Crippen LogP contribution in [-0.2, 0) is 9.59 Å². The smallest absolute Gasteiger partial charge is 0.326 e. The summed E-state index contributed by atoms with van der Waals surface area (Å²) in [6, 6.07) is 5.71. The van der Waals surface area contributed by atoms with Crippen LogP contribution in [0.15, 0.2) is 30.5 Å². The Morgan fingerprint density at radius 2 is 2.05 bits per heavy atom. The Morgan fingerprint density at radius 1 is 1.29 bits per heavy atom. The number of hydrogen-bond donors (Lipinski definition) is 4. The first kappa shape index (κ1) is 14.6. The number of fused-ring (bicyclic) bond motifs is 1. The molecule has 7 nitrogen and oxygen atoms in total. The molecule has 0 saturated heterocycles. The maximum Gasteiger partial charge on any atom is 0.326 e. The van der Waals surface area contributed by atoms with E-state index in [-0.39, 0.29) is 12.8 Å². The predicted octanol–water partition coefficient (Wildman–Crippen LogP) is 0.616. The van der Waals surface area contributed by atoms with Gasteiger partial charge in [0.05, 0.1) is 0 Å². The van der Waals surface area contributed by atoms with Crippen LogP contribution < -0.4 is 11.1 Å². The van der Waals surface area contributed by atoms with E-state index in [1.165, 1.54) is 0 Å². The van der Waals surface area contributed by atoms with E-state index in [2.05, 4.69) is 10.3 Å². The summed E-state index contributed by atoms with van der Waals surface area (Å²) < 4.78 is 0. The predicted molar refractivity (Wildman–Crippen MR) is 75.6 cm³/mol. The first-order chi connectivity index (χ1) is 9.99. The molecule has 0 aliphatic heterocycles. The van der Waals surface area contributed by atoms with Crippen LogP contribution in [0.2, 0.25) is 0 Å². The lowest BCUT2D eigenvalue weighted by Gasteiger charge is -2.14. The summed E-state index contributed by atoms with van der Waals surface area (Å²) in [7, 11) is 0. The fourth-order valence-electron chi connectivity index (χ4n) is 2.06. The van der Waals surface area contributed by atoms with E-state index < -0.39 is 23.8 Å². The molecule has 0 saturated carbocycles. The number of carboxylic acid groups (broad SMARTS) is 1. The van der Waals surface area contributed by atoms with Gasteiger partial charge in [-0.25, -0.2) is 4.79 Å². The van der Waals surface area contributed by atoms with Gasteiger partial charge in [-0.1, -0.05) is 6.07 Å². The molecular formula is C14H15N3O4. The van der Waals surface area contributed by atoms with Crippen LogP contribution in [-0.4, -0.2) is 33.9 Å². The van der Waals surface area contributed by atoms with Gasteiger partial charge < -0.3 is 21.1 Å². The second-order valence-corrected chi connectivity index (χ2v) is 4.61. The van der Waals surface area contributed by atoms with Gasteiger partial charge >= 0.3 is 5.97 Å². The Hall–Kier alpha value is -2.83. The zero-order valence-corrected chi connectivity index (χ0v) is 11.1. The summed E-state index contributed by atoms with van der Waals surface area (Å²) in [5.41, 5.74) is 6.15. The van der Waals surface area contributed by atoms with Crippen LogP contribution >= 0.6 is 0 Å². The molecule has 0 aliphatic carbocycles. The number of amides is 2. The third-order valence-corrected chi connectivity index (χ3v) is 3.12. The van der Waals surface area contributed by atoms with Crippen LogP contribution in [0.4, 0.5) is 0 Å². The summed E-state index contributed by atoms with van der Waals surface area (Å²) >= 11 is 0. The largest absolute Gasteiger partial charge is 0.480 e. The van der Waals surface area contributed by atoms with Crippen LogP contribution in [0.3, 0.4) is 0 Å². The Labute approximate surface area is 120 Å². The number of rotatable bonds is 6. The number of H-pyrrole nitrogens is 1. The van der Waals surface area contributed by atoms with Crippen molar-refractivity contribution >= 4 is 28.7 Å². The minimum absolute atomic E-state index is 0.0421. The molecule has 1 aromatic heterocycles. The molecule has 0 fully saturated rings. The zero-order valence-electron chi connectivity index (χ0n) is 11.1. The van der Waals surface area contributed by atoms with Gasteiger partial charge in [-0.2, -0.15) is 0 Å². The van der Waals surface area contributed by atoms with Crippen LogP contribution in [0.25, 0.3) is 10.9 Å². The van der Waals surface area contributed by atoms with E-state index >= 15 is 0 Å². The van der Waals surface area contributed by atoms with E-state index in [0.717, 1.165) is 5.52 Å². The molecule has 1 unspecified atom stereocenters. The van der Waals surface area contributed by atoms with Crippen LogP contribution in [0, 0.1) is 0 Å². The van der Waals surface area contributed by atoms with Gasteiger partial charge in [0.2, 0.25) is 5.91 Å². The first-order valence-electron chi connectivity index (χ1n) is 6.37. The summed E-state index contributed by atoms with van der Waals surface area (Å²) in [5, 5.41) is 12.2. The maximum absolute atomic E-state index is 12.2.